The van der Waals surface area contributed by atoms with Crippen molar-refractivity contribution in [2.75, 3.05) is 13.1 Å². The first-order chi connectivity index (χ1) is 10.2. The van der Waals surface area contributed by atoms with Crippen LogP contribution in [0.15, 0.2) is 30.3 Å². The zero-order valence-electron chi connectivity index (χ0n) is 12.7. The van der Waals surface area contributed by atoms with Gasteiger partial charge in [0, 0.05) is 31.5 Å². The Morgan fingerprint density at radius 1 is 1.14 bits per heavy atom. The summed E-state index contributed by atoms with van der Waals surface area (Å²) >= 11 is 0. The lowest BCUT2D eigenvalue weighted by molar-refractivity contribution is -0.130. The molecule has 1 aliphatic carbocycles. The zero-order chi connectivity index (χ0) is 14.7. The van der Waals surface area contributed by atoms with Gasteiger partial charge in [-0.05, 0) is 17.9 Å². The molecule has 21 heavy (non-hydrogen) atoms. The maximum absolute atomic E-state index is 12.4. The average molecular weight is 286 g/mol. The quantitative estimate of drug-likeness (QED) is 0.925. The molecule has 2 N–H and O–H groups in total. The number of benzene rings is 1. The predicted octanol–water partition coefficient (Wildman–Crippen LogP) is 2.91. The lowest BCUT2D eigenvalue weighted by Crippen LogP contribution is -2.32. The summed E-state index contributed by atoms with van der Waals surface area (Å²) in [6, 6.07) is 10.4. The van der Waals surface area contributed by atoms with Crippen LogP contribution in [0.1, 0.15) is 50.0 Å². The number of rotatable bonds is 4. The van der Waals surface area contributed by atoms with Crippen molar-refractivity contribution in [1.29, 1.82) is 0 Å². The molecule has 3 nitrogen and oxygen atoms in total. The minimum atomic E-state index is 0.0721. The Kier molecular flexibility index (Phi) is 4.59. The molecule has 0 spiro atoms. The van der Waals surface area contributed by atoms with Crippen molar-refractivity contribution < 1.29 is 4.79 Å². The molecule has 1 saturated carbocycles. The number of nitrogens with zero attached hydrogens (tertiary/aromatic N) is 1. The largest absolute Gasteiger partial charge is 0.340 e. The normalized spacial score (nSPS) is 26.4. The van der Waals surface area contributed by atoms with Crippen molar-refractivity contribution in [3.05, 3.63) is 35.9 Å². The van der Waals surface area contributed by atoms with Crippen molar-refractivity contribution >= 4 is 5.91 Å². The van der Waals surface area contributed by atoms with E-state index in [1.165, 1.54) is 31.2 Å². The standard InChI is InChI=1S/C18H26N2O/c19-17-13-20(12-16(17)15-8-2-1-3-9-15)18(21)11-10-14-6-4-5-7-14/h1-3,8-9,14,16-17H,4-7,10-13,19H2/t16-,17+/m0/s1. The van der Waals surface area contributed by atoms with Crippen molar-refractivity contribution in [1.82, 2.24) is 4.90 Å². The molecule has 0 aromatic heterocycles. The van der Waals surface area contributed by atoms with Gasteiger partial charge in [0.15, 0.2) is 0 Å². The molecule has 1 aromatic rings. The Labute approximate surface area is 127 Å². The van der Waals surface area contributed by atoms with E-state index in [2.05, 4.69) is 12.1 Å². The third-order valence-electron chi connectivity index (χ3n) is 5.19. The highest BCUT2D eigenvalue weighted by molar-refractivity contribution is 5.76. The smallest absolute Gasteiger partial charge is 0.222 e. The van der Waals surface area contributed by atoms with E-state index < -0.39 is 0 Å². The van der Waals surface area contributed by atoms with Crippen molar-refractivity contribution in [3.8, 4) is 0 Å². The predicted molar refractivity (Wildman–Crippen MR) is 84.9 cm³/mol. The lowest BCUT2D eigenvalue weighted by atomic mass is 9.95. The number of nitrogens with two attached hydrogens (primary N) is 1. The molecule has 0 radical (unpaired) electrons. The Morgan fingerprint density at radius 2 is 1.86 bits per heavy atom. The van der Waals surface area contributed by atoms with Crippen LogP contribution in [-0.4, -0.2) is 29.9 Å². The van der Waals surface area contributed by atoms with Crippen LogP contribution in [-0.2, 0) is 4.79 Å². The van der Waals surface area contributed by atoms with Crippen LogP contribution in [0.2, 0.25) is 0 Å². The molecular formula is C18H26N2O. The van der Waals surface area contributed by atoms with Gasteiger partial charge in [-0.3, -0.25) is 4.79 Å². The molecule has 2 fully saturated rings. The van der Waals surface area contributed by atoms with Crippen molar-refractivity contribution in [2.45, 2.75) is 50.5 Å². The molecule has 1 saturated heterocycles. The van der Waals surface area contributed by atoms with Gasteiger partial charge >= 0.3 is 0 Å². The van der Waals surface area contributed by atoms with Gasteiger partial charge in [-0.15, -0.1) is 0 Å². The fourth-order valence-corrected chi connectivity index (χ4v) is 3.87. The summed E-state index contributed by atoms with van der Waals surface area (Å²) in [4.78, 5) is 14.4. The third kappa shape index (κ3) is 3.46. The summed E-state index contributed by atoms with van der Waals surface area (Å²) in [6.45, 7) is 1.50. The zero-order valence-corrected chi connectivity index (χ0v) is 12.7. The molecular weight excluding hydrogens is 260 g/mol. The van der Waals surface area contributed by atoms with E-state index in [-0.39, 0.29) is 6.04 Å². The van der Waals surface area contributed by atoms with E-state index in [0.717, 1.165) is 18.9 Å². The number of carbonyl (C=O) groups excluding carboxylic acids is 1. The fourth-order valence-electron chi connectivity index (χ4n) is 3.87. The molecule has 2 atom stereocenters. The van der Waals surface area contributed by atoms with Gasteiger partial charge in [0.1, 0.15) is 0 Å². The molecule has 3 rings (SSSR count). The second-order valence-electron chi connectivity index (χ2n) is 6.67. The van der Waals surface area contributed by atoms with Crippen LogP contribution >= 0.6 is 0 Å². The van der Waals surface area contributed by atoms with Crippen LogP contribution in [0.5, 0.6) is 0 Å². The van der Waals surface area contributed by atoms with Crippen molar-refractivity contribution in [2.24, 2.45) is 11.7 Å². The van der Waals surface area contributed by atoms with Crippen LogP contribution in [0.4, 0.5) is 0 Å². The highest BCUT2D eigenvalue weighted by Crippen LogP contribution is 2.30. The number of hydrogen-bond donors (Lipinski definition) is 1. The SMILES string of the molecule is N[C@@H]1CN(C(=O)CCC2CCCC2)C[C@H]1c1ccccc1. The van der Waals surface area contributed by atoms with Gasteiger partial charge in [-0.25, -0.2) is 0 Å². The summed E-state index contributed by atoms with van der Waals surface area (Å²) in [6.07, 6.45) is 7.12. The highest BCUT2D eigenvalue weighted by atomic mass is 16.2. The molecule has 0 bridgehead atoms. The Morgan fingerprint density at radius 3 is 2.57 bits per heavy atom. The number of carbonyl (C=O) groups is 1. The second kappa shape index (κ2) is 6.61. The van der Waals surface area contributed by atoms with Gasteiger partial charge in [-0.1, -0.05) is 56.0 Å². The average Bonchev–Trinajstić information content (AvgIpc) is 3.15. The summed E-state index contributed by atoms with van der Waals surface area (Å²) in [5.74, 6) is 1.38. The van der Waals surface area contributed by atoms with Gasteiger partial charge in [0.05, 0.1) is 0 Å². The summed E-state index contributed by atoms with van der Waals surface area (Å²) in [5, 5.41) is 0. The molecule has 0 unspecified atom stereocenters. The van der Waals surface area contributed by atoms with Crippen LogP contribution < -0.4 is 5.73 Å². The van der Waals surface area contributed by atoms with E-state index in [1.54, 1.807) is 0 Å². The van der Waals surface area contributed by atoms with Crippen LogP contribution in [0, 0.1) is 5.92 Å². The first-order valence-corrected chi connectivity index (χ1v) is 8.32. The highest BCUT2D eigenvalue weighted by Gasteiger charge is 2.33. The van der Waals surface area contributed by atoms with Crippen LogP contribution in [0.3, 0.4) is 0 Å². The minimum Gasteiger partial charge on any atom is -0.340 e. The Balaban J connectivity index is 1.54. The second-order valence-corrected chi connectivity index (χ2v) is 6.67. The maximum Gasteiger partial charge on any atom is 0.222 e. The first-order valence-electron chi connectivity index (χ1n) is 8.32. The summed E-state index contributed by atoms with van der Waals surface area (Å²) < 4.78 is 0. The van der Waals surface area contributed by atoms with E-state index >= 15 is 0 Å². The van der Waals surface area contributed by atoms with Crippen molar-refractivity contribution in [3.63, 3.8) is 0 Å². The first kappa shape index (κ1) is 14.6. The van der Waals surface area contributed by atoms with Gasteiger partial charge < -0.3 is 10.6 Å². The molecule has 3 heteroatoms. The van der Waals surface area contributed by atoms with Gasteiger partial charge in [0.25, 0.3) is 0 Å². The van der Waals surface area contributed by atoms with Gasteiger partial charge in [0.2, 0.25) is 5.91 Å². The van der Waals surface area contributed by atoms with E-state index in [0.29, 0.717) is 24.8 Å². The molecule has 1 amide bonds. The molecule has 1 heterocycles. The lowest BCUT2D eigenvalue weighted by Gasteiger charge is -2.17. The summed E-state index contributed by atoms with van der Waals surface area (Å²) in [7, 11) is 0. The number of likely N-dealkylation sites (tertiary alicyclic amines) is 1. The summed E-state index contributed by atoms with van der Waals surface area (Å²) in [5.41, 5.74) is 7.52. The Hall–Kier alpha value is -1.35. The van der Waals surface area contributed by atoms with E-state index in [4.69, 9.17) is 5.73 Å². The molecule has 2 aliphatic rings. The molecule has 114 valence electrons. The maximum atomic E-state index is 12.4. The van der Waals surface area contributed by atoms with Gasteiger partial charge in [-0.2, -0.15) is 0 Å². The molecule has 1 aliphatic heterocycles. The monoisotopic (exact) mass is 286 g/mol. The fraction of sp³-hybridized carbons (Fsp3) is 0.611. The minimum absolute atomic E-state index is 0.0721. The number of amides is 1. The van der Waals surface area contributed by atoms with E-state index in [9.17, 15) is 4.79 Å². The van der Waals surface area contributed by atoms with E-state index in [1.807, 2.05) is 23.1 Å². The topological polar surface area (TPSA) is 46.3 Å². The molecule has 1 aromatic carbocycles. The number of hydrogen-bond acceptors (Lipinski definition) is 2. The third-order valence-corrected chi connectivity index (χ3v) is 5.19. The Bertz CT molecular complexity index is 467. The van der Waals surface area contributed by atoms with Crippen LogP contribution in [0.25, 0.3) is 0 Å².